The van der Waals surface area contributed by atoms with Gasteiger partial charge in [0.15, 0.2) is 0 Å². The second-order valence-corrected chi connectivity index (χ2v) is 5.85. The number of likely N-dealkylation sites (tertiary alicyclic amines) is 1. The number of hydrogen-bond acceptors (Lipinski definition) is 6. The van der Waals surface area contributed by atoms with Crippen molar-refractivity contribution in [2.24, 2.45) is 0 Å². The maximum Gasteiger partial charge on any atom is 0.124 e. The molecule has 0 amide bonds. The number of alkyl halides is 1. The first kappa shape index (κ1) is 15.1. The Labute approximate surface area is 128 Å². The summed E-state index contributed by atoms with van der Waals surface area (Å²) in [6, 6.07) is 2.04. The molecule has 0 radical (unpaired) electrons. The Hall–Kier alpha value is -1.86. The lowest BCUT2D eigenvalue weighted by Gasteiger charge is -2.27. The van der Waals surface area contributed by atoms with Crippen LogP contribution in [0, 0.1) is 0 Å². The fourth-order valence-electron chi connectivity index (χ4n) is 2.97. The molecule has 0 N–H and O–H groups in total. The van der Waals surface area contributed by atoms with Crippen LogP contribution < -0.4 is 0 Å². The van der Waals surface area contributed by atoms with Crippen molar-refractivity contribution in [2.75, 3.05) is 20.1 Å². The molecule has 0 bridgehead atoms. The first-order chi connectivity index (χ1) is 10.7. The van der Waals surface area contributed by atoms with Crippen LogP contribution >= 0.6 is 0 Å². The maximum absolute atomic E-state index is 13.8. The van der Waals surface area contributed by atoms with Crippen LogP contribution in [0.15, 0.2) is 35.6 Å². The minimum Gasteiger partial charge on any atom is -0.364 e. The number of likely N-dealkylation sites (N-methyl/N-ethyl adjacent to an activating group) is 1. The Kier molecular flexibility index (Phi) is 4.74. The van der Waals surface area contributed by atoms with E-state index in [0.717, 1.165) is 17.8 Å². The van der Waals surface area contributed by atoms with Gasteiger partial charge >= 0.3 is 0 Å². The van der Waals surface area contributed by atoms with E-state index in [0.29, 0.717) is 26.1 Å². The number of aromatic nitrogens is 3. The molecule has 0 spiro atoms. The van der Waals surface area contributed by atoms with Crippen LogP contribution in [0.1, 0.15) is 17.7 Å². The molecule has 1 aliphatic rings. The molecule has 0 saturated carbocycles. The fourth-order valence-corrected chi connectivity index (χ4v) is 2.97. The van der Waals surface area contributed by atoms with E-state index < -0.39 is 6.17 Å². The van der Waals surface area contributed by atoms with Gasteiger partial charge in [0.2, 0.25) is 0 Å². The zero-order valence-corrected chi connectivity index (χ0v) is 12.6. The molecule has 1 saturated heterocycles. The van der Waals surface area contributed by atoms with Gasteiger partial charge in [-0.15, -0.1) is 0 Å². The van der Waals surface area contributed by atoms with Crippen molar-refractivity contribution in [1.29, 1.82) is 0 Å². The molecule has 22 heavy (non-hydrogen) atoms. The highest BCUT2D eigenvalue weighted by molar-refractivity contribution is 5.04. The van der Waals surface area contributed by atoms with Gasteiger partial charge in [-0.2, -0.15) is 0 Å². The Morgan fingerprint density at radius 3 is 2.95 bits per heavy atom. The lowest BCUT2D eigenvalue weighted by Crippen LogP contribution is -2.38. The molecule has 0 unspecified atom stereocenters. The zero-order chi connectivity index (χ0) is 15.4. The molecule has 3 heterocycles. The van der Waals surface area contributed by atoms with Crippen molar-refractivity contribution in [3.63, 3.8) is 0 Å². The molecule has 7 heteroatoms. The summed E-state index contributed by atoms with van der Waals surface area (Å²) >= 11 is 0. The Balaban J connectivity index is 1.58. The number of halogens is 1. The summed E-state index contributed by atoms with van der Waals surface area (Å²) in [5.74, 6) is 0. The maximum atomic E-state index is 13.8. The summed E-state index contributed by atoms with van der Waals surface area (Å²) in [5.41, 5.74) is 1.90. The average molecular weight is 305 g/mol. The minimum atomic E-state index is -0.768. The van der Waals surface area contributed by atoms with Crippen LogP contribution in [0.4, 0.5) is 4.39 Å². The summed E-state index contributed by atoms with van der Waals surface area (Å²) in [6.45, 7) is 2.65. The second-order valence-electron chi connectivity index (χ2n) is 5.85. The zero-order valence-electron chi connectivity index (χ0n) is 12.6. The van der Waals surface area contributed by atoms with Crippen LogP contribution in [0.3, 0.4) is 0 Å². The van der Waals surface area contributed by atoms with Crippen LogP contribution in [0.25, 0.3) is 0 Å². The van der Waals surface area contributed by atoms with Crippen LogP contribution in [0.5, 0.6) is 0 Å². The summed E-state index contributed by atoms with van der Waals surface area (Å²) < 4.78 is 18.7. The molecule has 2 atom stereocenters. The molecule has 0 aliphatic carbocycles. The van der Waals surface area contributed by atoms with E-state index in [4.69, 9.17) is 4.52 Å². The SMILES string of the molecule is CN(Cc1ccon1)C[C@@H]1C[C@H](F)CN1Cc1cncnc1. The molecule has 2 aromatic heterocycles. The van der Waals surface area contributed by atoms with Gasteiger partial charge in [0.1, 0.15) is 18.8 Å². The van der Waals surface area contributed by atoms with E-state index in [1.165, 1.54) is 6.33 Å². The third kappa shape index (κ3) is 3.86. The highest BCUT2D eigenvalue weighted by atomic mass is 19.1. The molecule has 0 aromatic carbocycles. The Morgan fingerprint density at radius 2 is 2.23 bits per heavy atom. The molecule has 2 aromatic rings. The van der Waals surface area contributed by atoms with E-state index in [-0.39, 0.29) is 6.04 Å². The number of hydrogen-bond donors (Lipinski definition) is 0. The van der Waals surface area contributed by atoms with Crippen LogP contribution in [-0.4, -0.2) is 57.3 Å². The van der Waals surface area contributed by atoms with Crippen LogP contribution in [0.2, 0.25) is 0 Å². The lowest BCUT2D eigenvalue weighted by molar-refractivity contribution is 0.178. The molecule has 6 nitrogen and oxygen atoms in total. The fraction of sp³-hybridized carbons (Fsp3) is 0.533. The van der Waals surface area contributed by atoms with E-state index in [9.17, 15) is 4.39 Å². The first-order valence-corrected chi connectivity index (χ1v) is 7.40. The summed E-state index contributed by atoms with van der Waals surface area (Å²) in [7, 11) is 2.02. The third-order valence-electron chi connectivity index (χ3n) is 3.92. The van der Waals surface area contributed by atoms with Gasteiger partial charge in [0, 0.05) is 56.2 Å². The van der Waals surface area contributed by atoms with E-state index >= 15 is 0 Å². The summed E-state index contributed by atoms with van der Waals surface area (Å²) in [5, 5.41) is 3.91. The van der Waals surface area contributed by atoms with E-state index in [1.54, 1.807) is 18.7 Å². The molecule has 118 valence electrons. The van der Waals surface area contributed by atoms with Crippen LogP contribution in [-0.2, 0) is 13.1 Å². The van der Waals surface area contributed by atoms with Crippen molar-refractivity contribution in [1.82, 2.24) is 24.9 Å². The normalized spacial score (nSPS) is 22.5. The van der Waals surface area contributed by atoms with Gasteiger partial charge in [-0.3, -0.25) is 9.80 Å². The predicted molar refractivity (Wildman–Crippen MR) is 78.6 cm³/mol. The Bertz CT molecular complexity index is 565. The van der Waals surface area contributed by atoms with Gasteiger partial charge < -0.3 is 4.52 Å². The van der Waals surface area contributed by atoms with Crippen molar-refractivity contribution < 1.29 is 8.91 Å². The summed E-state index contributed by atoms with van der Waals surface area (Å²) in [6.07, 6.45) is 6.45. The van der Waals surface area contributed by atoms with Crippen molar-refractivity contribution in [3.8, 4) is 0 Å². The van der Waals surface area contributed by atoms with Gasteiger partial charge in [-0.25, -0.2) is 14.4 Å². The Morgan fingerprint density at radius 1 is 1.41 bits per heavy atom. The predicted octanol–water partition coefficient (Wildman–Crippen LogP) is 1.51. The third-order valence-corrected chi connectivity index (χ3v) is 3.92. The minimum absolute atomic E-state index is 0.187. The second kappa shape index (κ2) is 6.93. The van der Waals surface area contributed by atoms with E-state index in [1.807, 2.05) is 13.1 Å². The van der Waals surface area contributed by atoms with Gasteiger partial charge in [0.25, 0.3) is 0 Å². The largest absolute Gasteiger partial charge is 0.364 e. The molecule has 3 rings (SSSR count). The topological polar surface area (TPSA) is 58.3 Å². The molecule has 1 aliphatic heterocycles. The highest BCUT2D eigenvalue weighted by Gasteiger charge is 2.32. The monoisotopic (exact) mass is 305 g/mol. The summed E-state index contributed by atoms with van der Waals surface area (Å²) in [4.78, 5) is 12.4. The highest BCUT2D eigenvalue weighted by Crippen LogP contribution is 2.23. The van der Waals surface area contributed by atoms with Gasteiger partial charge in [-0.05, 0) is 13.5 Å². The smallest absolute Gasteiger partial charge is 0.124 e. The molecule has 1 fully saturated rings. The van der Waals surface area contributed by atoms with E-state index in [2.05, 4.69) is 24.9 Å². The molecular weight excluding hydrogens is 285 g/mol. The van der Waals surface area contributed by atoms with Gasteiger partial charge in [0.05, 0.1) is 5.69 Å². The number of rotatable bonds is 6. The first-order valence-electron chi connectivity index (χ1n) is 7.40. The standard InChI is InChI=1S/C15H20FN5O/c1-20(9-14-2-3-22-19-14)10-15-4-13(16)8-21(15)7-12-5-17-11-18-6-12/h2-3,5-6,11,13,15H,4,7-10H2,1H3/t13-,15-/m0/s1. The van der Waals surface area contributed by atoms with Crippen molar-refractivity contribution >= 4 is 0 Å². The van der Waals surface area contributed by atoms with Gasteiger partial charge in [-0.1, -0.05) is 5.16 Å². The average Bonchev–Trinajstić information content (AvgIpc) is 3.10. The van der Waals surface area contributed by atoms with Crippen molar-refractivity contribution in [2.45, 2.75) is 31.7 Å². The molecular formula is C15H20FN5O. The quantitative estimate of drug-likeness (QED) is 0.806. The van der Waals surface area contributed by atoms with Crippen molar-refractivity contribution in [3.05, 3.63) is 42.3 Å². The number of nitrogens with zero attached hydrogens (tertiary/aromatic N) is 5. The lowest BCUT2D eigenvalue weighted by atomic mass is 10.2.